The smallest absolute Gasteiger partial charge is 0.350 e. The van der Waals surface area contributed by atoms with Crippen LogP contribution in [0, 0.1) is 11.3 Å². The van der Waals surface area contributed by atoms with Crippen molar-refractivity contribution in [2.24, 2.45) is 0 Å². The van der Waals surface area contributed by atoms with Crippen molar-refractivity contribution in [1.29, 1.82) is 5.26 Å². The predicted molar refractivity (Wildman–Crippen MR) is 99.2 cm³/mol. The molecule has 1 aliphatic rings. The summed E-state index contributed by atoms with van der Waals surface area (Å²) < 4.78 is 37.4. The van der Waals surface area contributed by atoms with E-state index in [0.29, 0.717) is 18.8 Å². The summed E-state index contributed by atoms with van der Waals surface area (Å²) in [6, 6.07) is 7.84. The zero-order valence-electron chi connectivity index (χ0n) is 15.5. The number of rotatable bonds is 6. The average molecular weight is 393 g/mol. The third-order valence-electron chi connectivity index (χ3n) is 3.88. The summed E-state index contributed by atoms with van der Waals surface area (Å²) in [5, 5.41) is 11.8. The van der Waals surface area contributed by atoms with Gasteiger partial charge in [-0.15, -0.1) is 0 Å². The molecule has 0 amide bonds. The molecule has 9 heteroatoms. The first-order valence-corrected chi connectivity index (χ1v) is 10.0. The predicted octanol–water partition coefficient (Wildman–Crippen LogP) is 1.87. The lowest BCUT2D eigenvalue weighted by Crippen LogP contribution is -2.48. The Morgan fingerprint density at radius 1 is 1.33 bits per heavy atom. The number of nitrogens with zero attached hydrogens (tertiary/aromatic N) is 2. The van der Waals surface area contributed by atoms with Crippen LogP contribution in [0.3, 0.4) is 0 Å². The highest BCUT2D eigenvalue weighted by atomic mass is 32.2. The Hall–Kier alpha value is -2.41. The van der Waals surface area contributed by atoms with Crippen LogP contribution in [-0.4, -0.2) is 50.6 Å². The topological polar surface area (TPSA) is 109 Å². The van der Waals surface area contributed by atoms with Crippen LogP contribution in [0.15, 0.2) is 40.9 Å². The first kappa shape index (κ1) is 20.9. The Balaban J connectivity index is 2.12. The normalized spacial score (nSPS) is 21.3. The molecule has 1 saturated heterocycles. The maximum Gasteiger partial charge on any atom is 0.350 e. The number of hydrogen-bond donors (Lipinski definition) is 1. The molecule has 0 radical (unpaired) electrons. The van der Waals surface area contributed by atoms with Gasteiger partial charge < -0.3 is 14.8 Å². The van der Waals surface area contributed by atoms with Crippen LogP contribution in [0.25, 0.3) is 0 Å². The van der Waals surface area contributed by atoms with E-state index in [9.17, 15) is 13.2 Å². The van der Waals surface area contributed by atoms with Gasteiger partial charge in [0.05, 0.1) is 23.7 Å². The van der Waals surface area contributed by atoms with Crippen molar-refractivity contribution < 1.29 is 22.7 Å². The fourth-order valence-electron chi connectivity index (χ4n) is 2.70. The summed E-state index contributed by atoms with van der Waals surface area (Å²) in [5.41, 5.74) is 0.361. The molecule has 146 valence electrons. The highest BCUT2D eigenvalue weighted by molar-refractivity contribution is 7.89. The molecule has 0 spiro atoms. The SMILES string of the molecule is CCOC(=O)/C(C#N)=C/Nc1ccc(S(=O)(=O)N2C[C@@H](C)O[C@@H](C)C2)cc1. The summed E-state index contributed by atoms with van der Waals surface area (Å²) in [4.78, 5) is 11.7. The molecule has 1 heterocycles. The van der Waals surface area contributed by atoms with Crippen molar-refractivity contribution in [3.05, 3.63) is 36.0 Å². The van der Waals surface area contributed by atoms with Crippen molar-refractivity contribution >= 4 is 21.7 Å². The van der Waals surface area contributed by atoms with Gasteiger partial charge >= 0.3 is 5.97 Å². The second kappa shape index (κ2) is 8.99. The first-order chi connectivity index (χ1) is 12.8. The first-order valence-electron chi connectivity index (χ1n) is 8.57. The van der Waals surface area contributed by atoms with Crippen molar-refractivity contribution in [2.75, 3.05) is 25.0 Å². The number of esters is 1. The largest absolute Gasteiger partial charge is 0.462 e. The highest BCUT2D eigenvalue weighted by Crippen LogP contribution is 2.22. The quantitative estimate of drug-likeness (QED) is 0.446. The van der Waals surface area contributed by atoms with E-state index in [0.717, 1.165) is 0 Å². The zero-order valence-corrected chi connectivity index (χ0v) is 16.3. The number of benzene rings is 1. The third kappa shape index (κ3) is 5.29. The molecule has 1 N–H and O–H groups in total. The maximum absolute atomic E-state index is 12.8. The summed E-state index contributed by atoms with van der Waals surface area (Å²) in [5.74, 6) is -0.720. The van der Waals surface area contributed by atoms with Gasteiger partial charge in [-0.1, -0.05) is 0 Å². The highest BCUT2D eigenvalue weighted by Gasteiger charge is 2.32. The van der Waals surface area contributed by atoms with Gasteiger partial charge in [0.2, 0.25) is 10.0 Å². The molecule has 0 bridgehead atoms. The van der Waals surface area contributed by atoms with E-state index in [1.165, 1.54) is 22.6 Å². The zero-order chi connectivity index (χ0) is 20.0. The van der Waals surface area contributed by atoms with Crippen LogP contribution in [0.4, 0.5) is 5.69 Å². The molecule has 2 rings (SSSR count). The fraction of sp³-hybridized carbons (Fsp3) is 0.444. The Morgan fingerprint density at radius 3 is 2.44 bits per heavy atom. The number of ether oxygens (including phenoxy) is 2. The number of morpholine rings is 1. The lowest BCUT2D eigenvalue weighted by molar-refractivity contribution is -0.138. The van der Waals surface area contributed by atoms with Crippen LogP contribution >= 0.6 is 0 Å². The van der Waals surface area contributed by atoms with E-state index in [1.54, 1.807) is 25.1 Å². The number of nitrogens with one attached hydrogen (secondary N) is 1. The van der Waals surface area contributed by atoms with E-state index in [1.807, 2.05) is 13.8 Å². The van der Waals surface area contributed by atoms with E-state index in [2.05, 4.69) is 5.32 Å². The van der Waals surface area contributed by atoms with Gasteiger partial charge in [0.15, 0.2) is 5.57 Å². The van der Waals surface area contributed by atoms with Crippen molar-refractivity contribution in [2.45, 2.75) is 37.9 Å². The summed E-state index contributed by atoms with van der Waals surface area (Å²) >= 11 is 0. The number of carbonyl (C=O) groups is 1. The van der Waals surface area contributed by atoms with Gasteiger partial charge in [-0.3, -0.25) is 0 Å². The number of sulfonamides is 1. The lowest BCUT2D eigenvalue weighted by Gasteiger charge is -2.34. The van der Waals surface area contributed by atoms with Crippen molar-refractivity contribution in [3.63, 3.8) is 0 Å². The van der Waals surface area contributed by atoms with Gasteiger partial charge in [0, 0.05) is 25.0 Å². The minimum Gasteiger partial charge on any atom is -0.462 e. The van der Waals surface area contributed by atoms with E-state index < -0.39 is 16.0 Å². The van der Waals surface area contributed by atoms with Gasteiger partial charge in [-0.05, 0) is 45.0 Å². The summed E-state index contributed by atoms with van der Waals surface area (Å²) in [6.07, 6.45) is 0.899. The maximum atomic E-state index is 12.8. The Kier molecular flexibility index (Phi) is 6.96. The van der Waals surface area contributed by atoms with Crippen LogP contribution in [0.5, 0.6) is 0 Å². The standard InChI is InChI=1S/C18H23N3O5S/c1-4-25-18(22)15(9-19)10-20-16-5-7-17(8-6-16)27(23,24)21-11-13(2)26-14(3)12-21/h5-8,10,13-14,20H,4,11-12H2,1-3H3/b15-10+/t13-,14+. The van der Waals surface area contributed by atoms with Crippen LogP contribution in [0.2, 0.25) is 0 Å². The van der Waals surface area contributed by atoms with E-state index in [4.69, 9.17) is 14.7 Å². The van der Waals surface area contributed by atoms with Gasteiger partial charge in [0.25, 0.3) is 0 Å². The average Bonchev–Trinajstić information content (AvgIpc) is 2.62. The third-order valence-corrected chi connectivity index (χ3v) is 5.72. The molecule has 1 fully saturated rings. The van der Waals surface area contributed by atoms with Gasteiger partial charge in [0.1, 0.15) is 6.07 Å². The van der Waals surface area contributed by atoms with Crippen LogP contribution < -0.4 is 5.32 Å². The number of anilines is 1. The lowest BCUT2D eigenvalue weighted by atomic mass is 10.3. The van der Waals surface area contributed by atoms with Crippen LogP contribution in [0.1, 0.15) is 20.8 Å². The minimum absolute atomic E-state index is 0.165. The molecule has 1 aliphatic heterocycles. The second-order valence-corrected chi connectivity index (χ2v) is 8.08. The van der Waals surface area contributed by atoms with E-state index in [-0.39, 0.29) is 29.3 Å². The van der Waals surface area contributed by atoms with Crippen LogP contribution in [-0.2, 0) is 24.3 Å². The minimum atomic E-state index is -3.62. The Morgan fingerprint density at radius 2 is 1.93 bits per heavy atom. The number of hydrogen-bond acceptors (Lipinski definition) is 7. The van der Waals surface area contributed by atoms with Crippen molar-refractivity contribution in [1.82, 2.24) is 4.31 Å². The molecule has 1 aromatic carbocycles. The monoisotopic (exact) mass is 393 g/mol. The summed E-state index contributed by atoms with van der Waals surface area (Å²) in [6.45, 7) is 6.11. The Bertz CT molecular complexity index is 833. The van der Waals surface area contributed by atoms with Gasteiger partial charge in [-0.2, -0.15) is 9.57 Å². The molecular formula is C18H23N3O5S. The molecule has 1 aromatic rings. The molecule has 8 nitrogen and oxygen atoms in total. The number of carbonyl (C=O) groups excluding carboxylic acids is 1. The molecule has 2 atom stereocenters. The Labute approximate surface area is 159 Å². The second-order valence-electron chi connectivity index (χ2n) is 6.14. The molecule has 0 unspecified atom stereocenters. The van der Waals surface area contributed by atoms with Crippen molar-refractivity contribution in [3.8, 4) is 6.07 Å². The van der Waals surface area contributed by atoms with Gasteiger partial charge in [-0.25, -0.2) is 13.2 Å². The molecule has 27 heavy (non-hydrogen) atoms. The molecular weight excluding hydrogens is 370 g/mol. The molecule has 0 aromatic heterocycles. The fourth-order valence-corrected chi connectivity index (χ4v) is 4.29. The van der Waals surface area contributed by atoms with E-state index >= 15 is 0 Å². The molecule has 0 saturated carbocycles. The molecule has 0 aliphatic carbocycles. The summed E-state index contributed by atoms with van der Waals surface area (Å²) in [7, 11) is -3.62. The number of nitriles is 1.